The molecule has 1 rings (SSSR count). The molecule has 0 aliphatic rings. The van der Waals surface area contributed by atoms with Crippen molar-refractivity contribution in [1.29, 1.82) is 0 Å². The summed E-state index contributed by atoms with van der Waals surface area (Å²) in [6, 6.07) is 6.00. The van der Waals surface area contributed by atoms with Gasteiger partial charge in [-0.3, -0.25) is 4.79 Å². The molecule has 0 saturated heterocycles. The number of para-hydroxylation sites is 1. The standard InChI is InChI=1S/C20H33NO3/c1-8-10-15(2)21(18(22)13-20(3,4)5)14-16-11-9-12-17(23-6)19(16)24-7/h9,11-12,15H,8,10,13-14H2,1-7H3. The monoisotopic (exact) mass is 335 g/mol. The maximum absolute atomic E-state index is 12.9. The molecule has 24 heavy (non-hydrogen) atoms. The Labute approximate surface area is 147 Å². The van der Waals surface area contributed by atoms with Crippen LogP contribution >= 0.6 is 0 Å². The lowest BCUT2D eigenvalue weighted by molar-refractivity contribution is -0.136. The molecule has 1 unspecified atom stereocenters. The van der Waals surface area contributed by atoms with Gasteiger partial charge in [0, 0.05) is 24.6 Å². The lowest BCUT2D eigenvalue weighted by atomic mass is 9.91. The summed E-state index contributed by atoms with van der Waals surface area (Å²) in [7, 11) is 3.27. The van der Waals surface area contributed by atoms with E-state index in [0.29, 0.717) is 24.5 Å². The zero-order chi connectivity index (χ0) is 18.3. The minimum atomic E-state index is -0.0280. The maximum atomic E-state index is 12.9. The van der Waals surface area contributed by atoms with Gasteiger partial charge in [-0.05, 0) is 24.8 Å². The minimum Gasteiger partial charge on any atom is -0.493 e. The molecule has 1 atom stereocenters. The van der Waals surface area contributed by atoms with E-state index in [-0.39, 0.29) is 17.4 Å². The summed E-state index contributed by atoms with van der Waals surface area (Å²) in [5.41, 5.74) is 0.946. The predicted octanol–water partition coefficient (Wildman–Crippen LogP) is 4.66. The van der Waals surface area contributed by atoms with Crippen LogP contribution in [0.3, 0.4) is 0 Å². The Balaban J connectivity index is 3.11. The van der Waals surface area contributed by atoms with Crippen LogP contribution in [-0.2, 0) is 11.3 Å². The fraction of sp³-hybridized carbons (Fsp3) is 0.650. The van der Waals surface area contributed by atoms with Crippen molar-refractivity contribution in [2.75, 3.05) is 14.2 Å². The first-order valence-corrected chi connectivity index (χ1v) is 8.72. The molecule has 0 aliphatic heterocycles. The number of hydrogen-bond donors (Lipinski definition) is 0. The second-order valence-corrected chi connectivity index (χ2v) is 7.55. The van der Waals surface area contributed by atoms with Crippen molar-refractivity contribution < 1.29 is 14.3 Å². The van der Waals surface area contributed by atoms with E-state index >= 15 is 0 Å². The topological polar surface area (TPSA) is 38.8 Å². The normalized spacial score (nSPS) is 12.6. The van der Waals surface area contributed by atoms with Gasteiger partial charge in [0.2, 0.25) is 5.91 Å². The molecule has 0 aliphatic carbocycles. The van der Waals surface area contributed by atoms with E-state index in [4.69, 9.17) is 9.47 Å². The van der Waals surface area contributed by atoms with Crippen molar-refractivity contribution in [1.82, 2.24) is 4.90 Å². The van der Waals surface area contributed by atoms with Gasteiger partial charge in [0.1, 0.15) is 0 Å². The van der Waals surface area contributed by atoms with Crippen molar-refractivity contribution >= 4 is 5.91 Å². The van der Waals surface area contributed by atoms with Crippen molar-refractivity contribution in [2.45, 2.75) is 66.5 Å². The molecule has 0 aromatic heterocycles. The van der Waals surface area contributed by atoms with Gasteiger partial charge in [0.05, 0.1) is 14.2 Å². The molecule has 4 heteroatoms. The molecule has 136 valence electrons. The average Bonchev–Trinajstić information content (AvgIpc) is 2.50. The molecular weight excluding hydrogens is 302 g/mol. The summed E-state index contributed by atoms with van der Waals surface area (Å²) in [4.78, 5) is 14.9. The second kappa shape index (κ2) is 8.95. The summed E-state index contributed by atoms with van der Waals surface area (Å²) in [6.07, 6.45) is 2.57. The van der Waals surface area contributed by atoms with Crippen LogP contribution in [0.5, 0.6) is 11.5 Å². The fourth-order valence-electron chi connectivity index (χ4n) is 2.88. The molecule has 0 radical (unpaired) electrons. The van der Waals surface area contributed by atoms with Crippen LogP contribution in [0, 0.1) is 5.41 Å². The highest BCUT2D eigenvalue weighted by Gasteiger charge is 2.26. The number of amides is 1. The van der Waals surface area contributed by atoms with E-state index in [9.17, 15) is 4.79 Å². The average molecular weight is 335 g/mol. The van der Waals surface area contributed by atoms with Crippen LogP contribution in [0.1, 0.15) is 59.4 Å². The van der Waals surface area contributed by atoms with Gasteiger partial charge in [0.25, 0.3) is 0 Å². The first kappa shape index (κ1) is 20.3. The summed E-state index contributed by atoms with van der Waals surface area (Å²) in [5, 5.41) is 0. The van der Waals surface area contributed by atoms with Crippen LogP contribution in [0.4, 0.5) is 0 Å². The number of ether oxygens (including phenoxy) is 2. The highest BCUT2D eigenvalue weighted by molar-refractivity contribution is 5.77. The van der Waals surface area contributed by atoms with E-state index in [1.165, 1.54) is 0 Å². The second-order valence-electron chi connectivity index (χ2n) is 7.55. The van der Waals surface area contributed by atoms with Crippen LogP contribution < -0.4 is 9.47 Å². The fourth-order valence-corrected chi connectivity index (χ4v) is 2.88. The number of methoxy groups -OCH3 is 2. The lowest BCUT2D eigenvalue weighted by Crippen LogP contribution is -2.39. The Morgan fingerprint density at radius 2 is 1.88 bits per heavy atom. The quantitative estimate of drug-likeness (QED) is 0.693. The maximum Gasteiger partial charge on any atom is 0.223 e. The van der Waals surface area contributed by atoms with Gasteiger partial charge in [-0.25, -0.2) is 0 Å². The number of benzene rings is 1. The molecule has 1 amide bonds. The molecule has 0 N–H and O–H groups in total. The third-order valence-electron chi connectivity index (χ3n) is 4.07. The molecule has 4 nitrogen and oxygen atoms in total. The largest absolute Gasteiger partial charge is 0.493 e. The van der Waals surface area contributed by atoms with Crippen LogP contribution in [0.25, 0.3) is 0 Å². The summed E-state index contributed by atoms with van der Waals surface area (Å²) < 4.78 is 10.9. The van der Waals surface area contributed by atoms with Gasteiger partial charge in [-0.15, -0.1) is 0 Å². The molecule has 0 fully saturated rings. The summed E-state index contributed by atoms with van der Waals surface area (Å²) in [5.74, 6) is 1.59. The number of rotatable bonds is 8. The van der Waals surface area contributed by atoms with E-state index in [2.05, 4.69) is 34.6 Å². The smallest absolute Gasteiger partial charge is 0.223 e. The number of hydrogen-bond acceptors (Lipinski definition) is 3. The zero-order valence-electron chi connectivity index (χ0n) is 16.3. The molecular formula is C20H33NO3. The highest BCUT2D eigenvalue weighted by atomic mass is 16.5. The van der Waals surface area contributed by atoms with Gasteiger partial charge < -0.3 is 14.4 Å². The Hall–Kier alpha value is -1.71. The summed E-state index contributed by atoms with van der Waals surface area (Å²) in [6.45, 7) is 11.1. The van der Waals surface area contributed by atoms with E-state index < -0.39 is 0 Å². The highest BCUT2D eigenvalue weighted by Crippen LogP contribution is 2.32. The minimum absolute atomic E-state index is 0.0280. The first-order chi connectivity index (χ1) is 11.2. The van der Waals surface area contributed by atoms with Crippen LogP contribution in [0.15, 0.2) is 18.2 Å². The Morgan fingerprint density at radius 1 is 1.21 bits per heavy atom. The Morgan fingerprint density at radius 3 is 2.38 bits per heavy atom. The van der Waals surface area contributed by atoms with Crippen molar-refractivity contribution in [3.8, 4) is 11.5 Å². The Bertz CT molecular complexity index is 534. The molecule has 1 aromatic carbocycles. The van der Waals surface area contributed by atoms with Crippen molar-refractivity contribution in [3.63, 3.8) is 0 Å². The first-order valence-electron chi connectivity index (χ1n) is 8.72. The van der Waals surface area contributed by atoms with Crippen molar-refractivity contribution in [2.24, 2.45) is 5.41 Å². The lowest BCUT2D eigenvalue weighted by Gasteiger charge is -2.32. The molecule has 1 aromatic rings. The molecule has 0 saturated carbocycles. The van der Waals surface area contributed by atoms with Gasteiger partial charge >= 0.3 is 0 Å². The third-order valence-corrected chi connectivity index (χ3v) is 4.07. The van der Waals surface area contributed by atoms with E-state index in [1.54, 1.807) is 14.2 Å². The SMILES string of the molecule is CCCC(C)N(Cc1cccc(OC)c1OC)C(=O)CC(C)(C)C. The molecule has 0 heterocycles. The number of carbonyl (C=O) groups excluding carboxylic acids is 1. The van der Waals surface area contributed by atoms with E-state index in [0.717, 1.165) is 18.4 Å². The Kier molecular flexibility index (Phi) is 7.59. The van der Waals surface area contributed by atoms with E-state index in [1.807, 2.05) is 23.1 Å². The predicted molar refractivity (Wildman–Crippen MR) is 98.5 cm³/mol. The molecule has 0 spiro atoms. The van der Waals surface area contributed by atoms with Crippen LogP contribution in [0.2, 0.25) is 0 Å². The van der Waals surface area contributed by atoms with Crippen molar-refractivity contribution in [3.05, 3.63) is 23.8 Å². The number of nitrogens with zero attached hydrogens (tertiary/aromatic N) is 1. The zero-order valence-corrected chi connectivity index (χ0v) is 16.3. The van der Waals surface area contributed by atoms with Gasteiger partial charge in [-0.2, -0.15) is 0 Å². The van der Waals surface area contributed by atoms with Gasteiger partial charge in [-0.1, -0.05) is 46.2 Å². The third kappa shape index (κ3) is 5.73. The summed E-state index contributed by atoms with van der Waals surface area (Å²) >= 11 is 0. The van der Waals surface area contributed by atoms with Crippen LogP contribution in [-0.4, -0.2) is 31.1 Å². The van der Waals surface area contributed by atoms with Gasteiger partial charge in [0.15, 0.2) is 11.5 Å². The molecule has 0 bridgehead atoms. The number of carbonyl (C=O) groups is 1.